The molecule has 0 radical (unpaired) electrons. The fourth-order valence-corrected chi connectivity index (χ4v) is 2.89. The minimum atomic E-state index is -0.0285. The van der Waals surface area contributed by atoms with Crippen LogP contribution in [0.5, 0.6) is 5.75 Å². The van der Waals surface area contributed by atoms with E-state index in [1.54, 1.807) is 18.1 Å². The maximum atomic E-state index is 12.6. The molecular weight excluding hydrogens is 302 g/mol. The molecule has 24 heavy (non-hydrogen) atoms. The van der Waals surface area contributed by atoms with Crippen LogP contribution in [-0.4, -0.2) is 25.0 Å². The number of fused-ring (bicyclic) bond motifs is 1. The van der Waals surface area contributed by atoms with E-state index < -0.39 is 0 Å². The first-order valence-corrected chi connectivity index (χ1v) is 7.87. The van der Waals surface area contributed by atoms with E-state index in [0.717, 1.165) is 27.8 Å². The van der Waals surface area contributed by atoms with Crippen molar-refractivity contribution in [2.24, 2.45) is 0 Å². The average molecular weight is 323 g/mol. The number of ether oxygens (including phenoxy) is 1. The number of furan rings is 1. The van der Waals surface area contributed by atoms with Crippen molar-refractivity contribution < 1.29 is 13.9 Å². The third kappa shape index (κ3) is 3.13. The monoisotopic (exact) mass is 323 g/mol. The number of carbonyl (C=O) groups excluding carboxylic acids is 1. The fourth-order valence-electron chi connectivity index (χ4n) is 2.89. The van der Waals surface area contributed by atoms with Crippen LogP contribution in [0.15, 0.2) is 46.9 Å². The van der Waals surface area contributed by atoms with E-state index in [-0.39, 0.29) is 5.91 Å². The van der Waals surface area contributed by atoms with Crippen molar-refractivity contribution in [3.8, 4) is 5.75 Å². The van der Waals surface area contributed by atoms with Gasteiger partial charge in [-0.2, -0.15) is 0 Å². The molecule has 2 aromatic carbocycles. The van der Waals surface area contributed by atoms with Crippen molar-refractivity contribution in [2.45, 2.75) is 20.4 Å². The molecule has 0 aliphatic carbocycles. The predicted molar refractivity (Wildman–Crippen MR) is 94.5 cm³/mol. The second kappa shape index (κ2) is 6.40. The second-order valence-corrected chi connectivity index (χ2v) is 6.04. The molecule has 0 spiro atoms. The molecule has 0 fully saturated rings. The van der Waals surface area contributed by atoms with Gasteiger partial charge >= 0.3 is 0 Å². The number of carbonyl (C=O) groups is 1. The molecule has 124 valence electrons. The maximum absolute atomic E-state index is 12.6. The van der Waals surface area contributed by atoms with Gasteiger partial charge in [0.1, 0.15) is 17.3 Å². The van der Waals surface area contributed by atoms with Gasteiger partial charge in [0.15, 0.2) is 0 Å². The van der Waals surface area contributed by atoms with E-state index in [9.17, 15) is 4.79 Å². The molecule has 0 saturated carbocycles. The summed E-state index contributed by atoms with van der Waals surface area (Å²) in [5.41, 5.74) is 1.71. The van der Waals surface area contributed by atoms with E-state index in [0.29, 0.717) is 17.9 Å². The molecule has 3 rings (SSSR count). The van der Waals surface area contributed by atoms with Gasteiger partial charge in [-0.05, 0) is 54.4 Å². The number of benzene rings is 2. The lowest BCUT2D eigenvalue weighted by atomic mass is 10.1. The van der Waals surface area contributed by atoms with Gasteiger partial charge in [-0.3, -0.25) is 4.79 Å². The first-order chi connectivity index (χ1) is 11.5. The number of nitrogens with zero attached hydrogens (tertiary/aromatic N) is 1. The van der Waals surface area contributed by atoms with E-state index in [4.69, 9.17) is 9.15 Å². The van der Waals surface area contributed by atoms with Gasteiger partial charge in [0.05, 0.1) is 12.7 Å². The number of amides is 1. The summed E-state index contributed by atoms with van der Waals surface area (Å²) in [7, 11) is 3.47. The zero-order valence-corrected chi connectivity index (χ0v) is 14.4. The van der Waals surface area contributed by atoms with Crippen LogP contribution in [0.3, 0.4) is 0 Å². The summed E-state index contributed by atoms with van der Waals surface area (Å²) in [6, 6.07) is 14.0. The Hall–Kier alpha value is -2.75. The lowest BCUT2D eigenvalue weighted by Crippen LogP contribution is -2.26. The van der Waals surface area contributed by atoms with E-state index in [1.165, 1.54) is 0 Å². The van der Waals surface area contributed by atoms with Crippen LogP contribution in [-0.2, 0) is 6.54 Å². The predicted octanol–water partition coefficient (Wildman–Crippen LogP) is 4.33. The Morgan fingerprint density at radius 1 is 1.08 bits per heavy atom. The number of hydrogen-bond donors (Lipinski definition) is 0. The van der Waals surface area contributed by atoms with Gasteiger partial charge in [-0.15, -0.1) is 0 Å². The minimum absolute atomic E-state index is 0.0285. The van der Waals surface area contributed by atoms with Crippen molar-refractivity contribution in [1.29, 1.82) is 0 Å². The second-order valence-electron chi connectivity index (χ2n) is 6.04. The Bertz CT molecular complexity index is 895. The summed E-state index contributed by atoms with van der Waals surface area (Å²) in [5.74, 6) is 2.23. The van der Waals surface area contributed by atoms with Crippen LogP contribution in [0.2, 0.25) is 0 Å². The quantitative estimate of drug-likeness (QED) is 0.717. The van der Waals surface area contributed by atoms with Crippen molar-refractivity contribution >= 4 is 16.7 Å². The van der Waals surface area contributed by atoms with Gasteiger partial charge in [0.25, 0.3) is 5.91 Å². The average Bonchev–Trinajstić information content (AvgIpc) is 2.91. The molecule has 0 aliphatic heterocycles. The zero-order chi connectivity index (χ0) is 17.3. The largest absolute Gasteiger partial charge is 0.497 e. The Balaban J connectivity index is 1.81. The standard InChI is InChI=1S/C20H21NO3/c1-13-9-19(14(2)24-13)20(22)21(3)12-15-5-6-17-11-18(23-4)8-7-16(17)10-15/h5-11H,12H2,1-4H3. The molecule has 0 N–H and O–H groups in total. The van der Waals surface area contributed by atoms with Crippen molar-refractivity contribution in [3.05, 3.63) is 65.1 Å². The molecule has 0 unspecified atom stereocenters. The van der Waals surface area contributed by atoms with Crippen LogP contribution in [0, 0.1) is 13.8 Å². The van der Waals surface area contributed by atoms with E-state index in [1.807, 2.05) is 45.2 Å². The van der Waals surface area contributed by atoms with Crippen LogP contribution in [0.1, 0.15) is 27.4 Å². The molecule has 0 bridgehead atoms. The summed E-state index contributed by atoms with van der Waals surface area (Å²) < 4.78 is 10.7. The van der Waals surface area contributed by atoms with Gasteiger partial charge in [-0.25, -0.2) is 0 Å². The molecule has 4 heteroatoms. The van der Waals surface area contributed by atoms with Gasteiger partial charge in [0.2, 0.25) is 0 Å². The van der Waals surface area contributed by atoms with Gasteiger partial charge in [0, 0.05) is 13.6 Å². The zero-order valence-electron chi connectivity index (χ0n) is 14.4. The lowest BCUT2D eigenvalue weighted by Gasteiger charge is -2.17. The molecular formula is C20H21NO3. The summed E-state index contributed by atoms with van der Waals surface area (Å²) in [5, 5.41) is 2.25. The van der Waals surface area contributed by atoms with Crippen LogP contribution in [0.4, 0.5) is 0 Å². The van der Waals surface area contributed by atoms with Crippen LogP contribution < -0.4 is 4.74 Å². The molecule has 1 heterocycles. The normalized spacial score (nSPS) is 10.8. The fraction of sp³-hybridized carbons (Fsp3) is 0.250. The third-order valence-electron chi connectivity index (χ3n) is 4.15. The Kier molecular flexibility index (Phi) is 4.30. The first-order valence-electron chi connectivity index (χ1n) is 7.87. The van der Waals surface area contributed by atoms with Gasteiger partial charge in [-0.1, -0.05) is 18.2 Å². The number of hydrogen-bond acceptors (Lipinski definition) is 3. The summed E-state index contributed by atoms with van der Waals surface area (Å²) in [4.78, 5) is 14.3. The van der Waals surface area contributed by atoms with Crippen molar-refractivity contribution in [2.75, 3.05) is 14.2 Å². The molecule has 0 atom stereocenters. The Morgan fingerprint density at radius 2 is 1.79 bits per heavy atom. The maximum Gasteiger partial charge on any atom is 0.257 e. The summed E-state index contributed by atoms with van der Waals surface area (Å²) in [6.07, 6.45) is 0. The SMILES string of the molecule is COc1ccc2cc(CN(C)C(=O)c3cc(C)oc3C)ccc2c1. The molecule has 0 saturated heterocycles. The highest BCUT2D eigenvalue weighted by atomic mass is 16.5. The molecule has 0 aliphatic rings. The van der Waals surface area contributed by atoms with Gasteiger partial charge < -0.3 is 14.1 Å². The number of aryl methyl sites for hydroxylation is 2. The lowest BCUT2D eigenvalue weighted by molar-refractivity contribution is 0.0783. The Morgan fingerprint density at radius 3 is 2.46 bits per heavy atom. The smallest absolute Gasteiger partial charge is 0.257 e. The summed E-state index contributed by atoms with van der Waals surface area (Å²) >= 11 is 0. The topological polar surface area (TPSA) is 42.7 Å². The van der Waals surface area contributed by atoms with Crippen LogP contribution >= 0.6 is 0 Å². The van der Waals surface area contributed by atoms with E-state index >= 15 is 0 Å². The molecule has 1 amide bonds. The summed E-state index contributed by atoms with van der Waals surface area (Å²) in [6.45, 7) is 4.21. The Labute approximate surface area is 141 Å². The molecule has 1 aromatic heterocycles. The van der Waals surface area contributed by atoms with Crippen molar-refractivity contribution in [1.82, 2.24) is 4.90 Å². The van der Waals surface area contributed by atoms with Crippen LogP contribution in [0.25, 0.3) is 10.8 Å². The number of methoxy groups -OCH3 is 1. The number of rotatable bonds is 4. The molecule has 4 nitrogen and oxygen atoms in total. The minimum Gasteiger partial charge on any atom is -0.497 e. The van der Waals surface area contributed by atoms with Crippen molar-refractivity contribution in [3.63, 3.8) is 0 Å². The molecule has 3 aromatic rings. The highest BCUT2D eigenvalue weighted by molar-refractivity contribution is 5.95. The highest BCUT2D eigenvalue weighted by Crippen LogP contribution is 2.23. The highest BCUT2D eigenvalue weighted by Gasteiger charge is 2.17. The third-order valence-corrected chi connectivity index (χ3v) is 4.15. The van der Waals surface area contributed by atoms with E-state index in [2.05, 4.69) is 12.1 Å². The first kappa shape index (κ1) is 16.1.